The highest BCUT2D eigenvalue weighted by atomic mass is 16.5. The Hall–Kier alpha value is -1.40. The van der Waals surface area contributed by atoms with Crippen LogP contribution in [0.15, 0.2) is 12.2 Å². The lowest BCUT2D eigenvalue weighted by molar-refractivity contribution is -0.148. The molecule has 1 aliphatic heterocycles. The predicted molar refractivity (Wildman–Crippen MR) is 124 cm³/mol. The largest absolute Gasteiger partial charge is 0.465 e. The van der Waals surface area contributed by atoms with E-state index >= 15 is 0 Å². The zero-order valence-corrected chi connectivity index (χ0v) is 20.4. The molecule has 0 bridgehead atoms. The molecule has 178 valence electrons. The van der Waals surface area contributed by atoms with Crippen LogP contribution in [-0.4, -0.2) is 73.7 Å². The highest BCUT2D eigenvalue weighted by molar-refractivity contribution is 5.71. The van der Waals surface area contributed by atoms with Gasteiger partial charge in [0.05, 0.1) is 26.1 Å². The Morgan fingerprint density at radius 3 is 2.13 bits per heavy atom. The summed E-state index contributed by atoms with van der Waals surface area (Å²) >= 11 is 0. The predicted octanol–water partition coefficient (Wildman–Crippen LogP) is 4.04. The van der Waals surface area contributed by atoms with E-state index in [9.17, 15) is 9.59 Å². The van der Waals surface area contributed by atoms with Gasteiger partial charge in [-0.05, 0) is 91.8 Å². The monoisotopic (exact) mass is 436 g/mol. The highest BCUT2D eigenvalue weighted by Crippen LogP contribution is 2.37. The topological polar surface area (TPSA) is 59.1 Å². The lowest BCUT2D eigenvalue weighted by Gasteiger charge is -2.55. The summed E-state index contributed by atoms with van der Waals surface area (Å²) in [6.45, 7) is 9.34. The summed E-state index contributed by atoms with van der Waals surface area (Å²) in [6, 6.07) is 0.576. The third-order valence-electron chi connectivity index (χ3n) is 6.87. The Balaban J connectivity index is 1.59. The Labute approximate surface area is 189 Å². The van der Waals surface area contributed by atoms with Crippen LogP contribution in [0.4, 0.5) is 0 Å². The molecular formula is C25H44N2O4. The van der Waals surface area contributed by atoms with Crippen LogP contribution < -0.4 is 0 Å². The fourth-order valence-corrected chi connectivity index (χ4v) is 4.88. The number of esters is 2. The first-order valence-corrected chi connectivity index (χ1v) is 12.0. The molecular weight excluding hydrogens is 392 g/mol. The van der Waals surface area contributed by atoms with Crippen LogP contribution in [0.1, 0.15) is 72.1 Å². The van der Waals surface area contributed by atoms with Crippen LogP contribution in [0.25, 0.3) is 0 Å². The average molecular weight is 437 g/mol. The molecule has 31 heavy (non-hydrogen) atoms. The lowest BCUT2D eigenvalue weighted by Crippen LogP contribution is -2.63. The van der Waals surface area contributed by atoms with Crippen molar-refractivity contribution in [2.24, 2.45) is 11.8 Å². The number of carbonyl (C=O) groups excluding carboxylic acids is 2. The zero-order valence-electron chi connectivity index (χ0n) is 20.4. The summed E-state index contributed by atoms with van der Waals surface area (Å²) in [6.07, 6.45) is 11.0. The van der Waals surface area contributed by atoms with Gasteiger partial charge in [-0.1, -0.05) is 12.2 Å². The standard InChI is InChI=1S/C25H44N2O4/c1-6-7-8-23(28)30-18-20-9-11-21(12-10-20)19-31-24(29)14-16-27-22(13-15-26(4)5)17-25(27,2)3/h6-7,20-22H,8-19H2,1-5H3/b7-6-. The molecule has 1 aliphatic carbocycles. The van der Waals surface area contributed by atoms with Crippen molar-refractivity contribution in [1.82, 2.24) is 9.80 Å². The number of ether oxygens (including phenoxy) is 2. The maximum absolute atomic E-state index is 12.3. The first-order valence-electron chi connectivity index (χ1n) is 12.0. The minimum absolute atomic E-state index is 0.0749. The fraction of sp³-hybridized carbons (Fsp3) is 0.840. The van der Waals surface area contributed by atoms with Gasteiger partial charge in [0.15, 0.2) is 0 Å². The maximum atomic E-state index is 12.3. The molecule has 2 rings (SSSR count). The summed E-state index contributed by atoms with van der Waals surface area (Å²) in [4.78, 5) is 28.6. The summed E-state index contributed by atoms with van der Waals surface area (Å²) in [5.74, 6) is 0.652. The van der Waals surface area contributed by atoms with Gasteiger partial charge in [-0.25, -0.2) is 0 Å². The second-order valence-electron chi connectivity index (χ2n) is 10.2. The molecule has 6 heteroatoms. The van der Waals surface area contributed by atoms with Gasteiger partial charge in [-0.15, -0.1) is 0 Å². The van der Waals surface area contributed by atoms with Gasteiger partial charge in [0.25, 0.3) is 0 Å². The molecule has 0 aromatic carbocycles. The number of likely N-dealkylation sites (tertiary alicyclic amines) is 1. The molecule has 0 amide bonds. The van der Waals surface area contributed by atoms with Gasteiger partial charge >= 0.3 is 11.9 Å². The average Bonchev–Trinajstić information content (AvgIpc) is 2.72. The molecule has 0 aromatic heterocycles. The van der Waals surface area contributed by atoms with Crippen LogP contribution in [0.2, 0.25) is 0 Å². The first-order chi connectivity index (χ1) is 14.7. The molecule has 0 radical (unpaired) electrons. The van der Waals surface area contributed by atoms with Gasteiger partial charge in [0.2, 0.25) is 0 Å². The number of hydrogen-bond donors (Lipinski definition) is 0. The molecule has 1 unspecified atom stereocenters. The van der Waals surface area contributed by atoms with E-state index < -0.39 is 0 Å². The molecule has 0 aromatic rings. The van der Waals surface area contributed by atoms with Gasteiger partial charge < -0.3 is 14.4 Å². The number of allylic oxidation sites excluding steroid dienone is 1. The second-order valence-corrected chi connectivity index (χ2v) is 10.2. The van der Waals surface area contributed by atoms with Crippen molar-refractivity contribution in [2.45, 2.75) is 83.7 Å². The molecule has 1 atom stereocenters. The van der Waals surface area contributed by atoms with E-state index in [1.54, 1.807) is 0 Å². The van der Waals surface area contributed by atoms with Gasteiger partial charge in [-0.3, -0.25) is 14.5 Å². The highest BCUT2D eigenvalue weighted by Gasteiger charge is 2.44. The van der Waals surface area contributed by atoms with E-state index in [1.807, 2.05) is 19.1 Å². The minimum atomic E-state index is -0.150. The molecule has 2 aliphatic rings. The minimum Gasteiger partial charge on any atom is -0.465 e. The van der Waals surface area contributed by atoms with Crippen LogP contribution in [0, 0.1) is 11.8 Å². The van der Waals surface area contributed by atoms with Crippen molar-refractivity contribution in [1.29, 1.82) is 0 Å². The smallest absolute Gasteiger partial charge is 0.309 e. The zero-order chi connectivity index (χ0) is 22.9. The molecule has 1 saturated carbocycles. The van der Waals surface area contributed by atoms with E-state index in [4.69, 9.17) is 9.47 Å². The molecule has 6 nitrogen and oxygen atoms in total. The van der Waals surface area contributed by atoms with Crippen molar-refractivity contribution in [3.05, 3.63) is 12.2 Å². The van der Waals surface area contributed by atoms with Crippen molar-refractivity contribution >= 4 is 11.9 Å². The van der Waals surface area contributed by atoms with Crippen molar-refractivity contribution in [3.63, 3.8) is 0 Å². The summed E-state index contributed by atoms with van der Waals surface area (Å²) in [5, 5.41) is 0. The normalized spacial score (nSPS) is 26.1. The Kier molecular flexibility index (Phi) is 10.5. The molecule has 0 N–H and O–H groups in total. The number of nitrogens with zero attached hydrogens (tertiary/aromatic N) is 2. The lowest BCUT2D eigenvalue weighted by atomic mass is 9.79. The number of rotatable bonds is 12. The van der Waals surface area contributed by atoms with Crippen LogP contribution in [0.3, 0.4) is 0 Å². The molecule has 0 spiro atoms. The second kappa shape index (κ2) is 12.6. The maximum Gasteiger partial charge on any atom is 0.309 e. The van der Waals surface area contributed by atoms with Crippen molar-refractivity contribution in [3.8, 4) is 0 Å². The van der Waals surface area contributed by atoms with E-state index in [0.29, 0.717) is 43.9 Å². The SMILES string of the molecule is C/C=C\CC(=O)OCC1CCC(COC(=O)CCN2C(CCN(C)C)CC2(C)C)CC1. The third kappa shape index (κ3) is 8.93. The quantitative estimate of drug-likeness (QED) is 0.340. The van der Waals surface area contributed by atoms with E-state index in [0.717, 1.165) is 45.2 Å². The summed E-state index contributed by atoms with van der Waals surface area (Å²) < 4.78 is 11.0. The Bertz CT molecular complexity index is 594. The van der Waals surface area contributed by atoms with Gasteiger partial charge in [0, 0.05) is 18.1 Å². The Morgan fingerprint density at radius 2 is 1.61 bits per heavy atom. The van der Waals surface area contributed by atoms with E-state index in [2.05, 4.69) is 37.7 Å². The third-order valence-corrected chi connectivity index (χ3v) is 6.87. The first kappa shape index (κ1) is 25.9. The Morgan fingerprint density at radius 1 is 1.03 bits per heavy atom. The van der Waals surface area contributed by atoms with E-state index in [1.165, 1.54) is 6.42 Å². The number of hydrogen-bond acceptors (Lipinski definition) is 6. The molecule has 1 heterocycles. The fourth-order valence-electron chi connectivity index (χ4n) is 4.88. The van der Waals surface area contributed by atoms with Crippen LogP contribution in [-0.2, 0) is 19.1 Å². The van der Waals surface area contributed by atoms with Crippen LogP contribution in [0.5, 0.6) is 0 Å². The van der Waals surface area contributed by atoms with Gasteiger partial charge in [0.1, 0.15) is 0 Å². The molecule has 2 fully saturated rings. The number of carbonyl (C=O) groups is 2. The summed E-state index contributed by atoms with van der Waals surface area (Å²) in [7, 11) is 4.22. The van der Waals surface area contributed by atoms with Crippen LogP contribution >= 0.6 is 0 Å². The van der Waals surface area contributed by atoms with Crippen molar-refractivity contribution in [2.75, 3.05) is 40.4 Å². The summed E-state index contributed by atoms with van der Waals surface area (Å²) in [5.41, 5.74) is 0.186. The van der Waals surface area contributed by atoms with Crippen molar-refractivity contribution < 1.29 is 19.1 Å². The molecule has 1 saturated heterocycles. The van der Waals surface area contributed by atoms with E-state index in [-0.39, 0.29) is 17.5 Å². The van der Waals surface area contributed by atoms with Gasteiger partial charge in [-0.2, -0.15) is 0 Å².